The van der Waals surface area contributed by atoms with Crippen molar-refractivity contribution in [1.29, 1.82) is 0 Å². The van der Waals surface area contributed by atoms with Gasteiger partial charge in [0.05, 0.1) is 6.20 Å². The summed E-state index contributed by atoms with van der Waals surface area (Å²) in [6.45, 7) is 2.89. The van der Waals surface area contributed by atoms with Gasteiger partial charge >= 0.3 is 0 Å². The predicted octanol–water partition coefficient (Wildman–Crippen LogP) is 2.45. The largest absolute Gasteiger partial charge is 0.316 e. The Balaban J connectivity index is 1.48. The third-order valence-electron chi connectivity index (χ3n) is 4.38. The van der Waals surface area contributed by atoms with Gasteiger partial charge < -0.3 is 10.6 Å². The summed E-state index contributed by atoms with van der Waals surface area (Å²) in [5, 5.41) is 10.6. The molecule has 0 radical (unpaired) electrons. The first-order chi connectivity index (χ1) is 11.3. The van der Waals surface area contributed by atoms with Crippen LogP contribution in [-0.4, -0.2) is 28.8 Å². The molecule has 1 aromatic heterocycles. The Kier molecular flexibility index (Phi) is 5.42. The molecular formula is C18H24N4O. The normalized spacial score (nSPS) is 17.3. The summed E-state index contributed by atoms with van der Waals surface area (Å²) in [6.07, 6.45) is 5.36. The highest BCUT2D eigenvalue weighted by Gasteiger charge is 2.16. The lowest BCUT2D eigenvalue weighted by molar-refractivity contribution is -0.116. The highest BCUT2D eigenvalue weighted by Crippen LogP contribution is 2.15. The number of anilines is 1. The summed E-state index contributed by atoms with van der Waals surface area (Å²) in [7, 11) is 0. The number of hydrogen-bond acceptors (Lipinski definition) is 3. The van der Waals surface area contributed by atoms with Crippen molar-refractivity contribution < 1.29 is 4.79 Å². The zero-order valence-corrected chi connectivity index (χ0v) is 13.4. The number of rotatable bonds is 7. The van der Waals surface area contributed by atoms with Crippen molar-refractivity contribution in [3.8, 4) is 0 Å². The van der Waals surface area contributed by atoms with Gasteiger partial charge in [-0.05, 0) is 43.8 Å². The molecule has 0 aliphatic carbocycles. The Bertz CT molecular complexity index is 617. The number of nitrogens with one attached hydrogen (secondary N) is 2. The molecule has 2 N–H and O–H groups in total. The topological polar surface area (TPSA) is 59.0 Å². The molecule has 2 aromatic rings. The van der Waals surface area contributed by atoms with Gasteiger partial charge in [-0.1, -0.05) is 30.3 Å². The summed E-state index contributed by atoms with van der Waals surface area (Å²) in [5.41, 5.74) is 1.27. The molecule has 3 rings (SSSR count). The summed E-state index contributed by atoms with van der Waals surface area (Å²) in [5.74, 6) is 1.51. The Morgan fingerprint density at radius 3 is 2.96 bits per heavy atom. The van der Waals surface area contributed by atoms with E-state index in [1.165, 1.54) is 12.0 Å². The Labute approximate surface area is 137 Å². The molecule has 2 heterocycles. The minimum atomic E-state index is 0.0818. The van der Waals surface area contributed by atoms with Crippen LogP contribution in [0.5, 0.6) is 0 Å². The highest BCUT2D eigenvalue weighted by atomic mass is 16.1. The molecule has 0 saturated carbocycles. The number of carbonyl (C=O) groups is 1. The molecule has 5 nitrogen and oxygen atoms in total. The van der Waals surface area contributed by atoms with Crippen molar-refractivity contribution in [2.45, 2.75) is 32.2 Å². The molecule has 1 fully saturated rings. The van der Waals surface area contributed by atoms with E-state index in [0.29, 0.717) is 12.3 Å². The van der Waals surface area contributed by atoms with E-state index in [1.807, 2.05) is 28.9 Å². The average molecular weight is 312 g/mol. The lowest BCUT2D eigenvalue weighted by Crippen LogP contribution is -2.18. The Morgan fingerprint density at radius 1 is 1.30 bits per heavy atom. The van der Waals surface area contributed by atoms with Crippen molar-refractivity contribution in [2.24, 2.45) is 5.92 Å². The van der Waals surface area contributed by atoms with Crippen molar-refractivity contribution in [1.82, 2.24) is 15.1 Å². The van der Waals surface area contributed by atoms with Crippen LogP contribution in [0.4, 0.5) is 5.82 Å². The molecular weight excluding hydrogens is 288 g/mol. The summed E-state index contributed by atoms with van der Waals surface area (Å²) in [6, 6.07) is 12.2. The van der Waals surface area contributed by atoms with E-state index in [-0.39, 0.29) is 5.91 Å². The molecule has 23 heavy (non-hydrogen) atoms. The summed E-state index contributed by atoms with van der Waals surface area (Å²) < 4.78 is 1.86. The van der Waals surface area contributed by atoms with Crippen LogP contribution in [0.25, 0.3) is 0 Å². The van der Waals surface area contributed by atoms with Gasteiger partial charge in [-0.3, -0.25) is 4.79 Å². The van der Waals surface area contributed by atoms with Crippen molar-refractivity contribution in [3.05, 3.63) is 48.2 Å². The predicted molar refractivity (Wildman–Crippen MR) is 91.2 cm³/mol. The first-order valence-electron chi connectivity index (χ1n) is 8.37. The van der Waals surface area contributed by atoms with Gasteiger partial charge in [0.15, 0.2) is 0 Å². The minimum absolute atomic E-state index is 0.0818. The summed E-state index contributed by atoms with van der Waals surface area (Å²) >= 11 is 0. The van der Waals surface area contributed by atoms with Crippen molar-refractivity contribution in [2.75, 3.05) is 18.4 Å². The Hall–Kier alpha value is -2.14. The molecule has 1 amide bonds. The van der Waals surface area contributed by atoms with E-state index in [2.05, 4.69) is 27.9 Å². The smallest absolute Gasteiger partial charge is 0.225 e. The molecule has 1 atom stereocenters. The first kappa shape index (κ1) is 15.7. The second-order valence-electron chi connectivity index (χ2n) is 6.12. The lowest BCUT2D eigenvalue weighted by atomic mass is 10.0. The van der Waals surface area contributed by atoms with Crippen molar-refractivity contribution in [3.63, 3.8) is 0 Å². The molecule has 5 heteroatoms. The summed E-state index contributed by atoms with van der Waals surface area (Å²) in [4.78, 5) is 12.1. The molecule has 1 aliphatic rings. The number of carbonyl (C=O) groups excluding carboxylic acids is 1. The van der Waals surface area contributed by atoms with E-state index in [4.69, 9.17) is 0 Å². The number of aryl methyl sites for hydroxylation is 2. The molecule has 1 saturated heterocycles. The number of nitrogens with zero attached hydrogens (tertiary/aromatic N) is 2. The van der Waals surface area contributed by atoms with Gasteiger partial charge in [0.2, 0.25) is 5.91 Å². The fourth-order valence-electron chi connectivity index (χ4n) is 3.00. The van der Waals surface area contributed by atoms with Gasteiger partial charge in [-0.2, -0.15) is 5.10 Å². The van der Waals surface area contributed by atoms with Gasteiger partial charge in [0.1, 0.15) is 5.82 Å². The van der Waals surface area contributed by atoms with E-state index in [0.717, 1.165) is 38.3 Å². The zero-order chi connectivity index (χ0) is 15.9. The number of benzene rings is 1. The van der Waals surface area contributed by atoms with Gasteiger partial charge in [0, 0.05) is 19.0 Å². The SMILES string of the molecule is O=C(CCC1CCNC1)Nc1ccnn1CCc1ccccc1. The highest BCUT2D eigenvalue weighted by molar-refractivity contribution is 5.89. The second kappa shape index (κ2) is 7.92. The van der Waals surface area contributed by atoms with Gasteiger partial charge in [-0.15, -0.1) is 0 Å². The van der Waals surface area contributed by atoms with Gasteiger partial charge in [-0.25, -0.2) is 4.68 Å². The van der Waals surface area contributed by atoms with Crippen LogP contribution in [0.15, 0.2) is 42.6 Å². The van der Waals surface area contributed by atoms with Crippen LogP contribution < -0.4 is 10.6 Å². The standard InChI is InChI=1S/C18H24N4O/c23-18(7-6-16-8-11-19-14-16)21-17-9-12-20-22(17)13-10-15-4-2-1-3-5-15/h1-5,9,12,16,19H,6-8,10-11,13-14H2,(H,21,23). The first-order valence-corrected chi connectivity index (χ1v) is 8.37. The van der Waals surface area contributed by atoms with E-state index in [9.17, 15) is 4.79 Å². The number of aromatic nitrogens is 2. The number of amides is 1. The molecule has 0 spiro atoms. The van der Waals surface area contributed by atoms with Crippen LogP contribution in [0.3, 0.4) is 0 Å². The van der Waals surface area contributed by atoms with Crippen LogP contribution in [0.2, 0.25) is 0 Å². The van der Waals surface area contributed by atoms with Crippen LogP contribution in [0, 0.1) is 5.92 Å². The van der Waals surface area contributed by atoms with Crippen molar-refractivity contribution >= 4 is 11.7 Å². The molecule has 1 aliphatic heterocycles. The third-order valence-corrected chi connectivity index (χ3v) is 4.38. The third kappa shape index (κ3) is 4.66. The fourth-order valence-corrected chi connectivity index (χ4v) is 3.00. The maximum absolute atomic E-state index is 12.1. The van der Waals surface area contributed by atoms with Gasteiger partial charge in [0.25, 0.3) is 0 Å². The average Bonchev–Trinajstić information content (AvgIpc) is 3.24. The maximum atomic E-state index is 12.1. The molecule has 1 aromatic carbocycles. The zero-order valence-electron chi connectivity index (χ0n) is 13.4. The molecule has 0 bridgehead atoms. The molecule has 1 unspecified atom stereocenters. The maximum Gasteiger partial charge on any atom is 0.225 e. The van der Waals surface area contributed by atoms with Crippen LogP contribution >= 0.6 is 0 Å². The minimum Gasteiger partial charge on any atom is -0.316 e. The quantitative estimate of drug-likeness (QED) is 0.825. The molecule has 122 valence electrons. The fraction of sp³-hybridized carbons (Fsp3) is 0.444. The Morgan fingerprint density at radius 2 is 2.17 bits per heavy atom. The number of hydrogen-bond donors (Lipinski definition) is 2. The van der Waals surface area contributed by atoms with Crippen LogP contribution in [0.1, 0.15) is 24.8 Å². The monoisotopic (exact) mass is 312 g/mol. The lowest BCUT2D eigenvalue weighted by Gasteiger charge is -2.11. The van der Waals surface area contributed by atoms with E-state index >= 15 is 0 Å². The van der Waals surface area contributed by atoms with E-state index in [1.54, 1.807) is 6.20 Å². The second-order valence-corrected chi connectivity index (χ2v) is 6.12. The van der Waals surface area contributed by atoms with E-state index < -0.39 is 0 Å². The van der Waals surface area contributed by atoms with Crippen LogP contribution in [-0.2, 0) is 17.8 Å².